The predicted octanol–water partition coefficient (Wildman–Crippen LogP) is 1.71. The number of hydrogen-bond acceptors (Lipinski definition) is 3. The van der Waals surface area contributed by atoms with Crippen LogP contribution in [-0.4, -0.2) is 30.2 Å². The summed E-state index contributed by atoms with van der Waals surface area (Å²) in [5.74, 6) is 0.521. The van der Waals surface area contributed by atoms with Gasteiger partial charge in [-0.1, -0.05) is 0 Å². The maximum atomic E-state index is 11.0. The van der Waals surface area contributed by atoms with Crippen LogP contribution in [0.25, 0.3) is 0 Å². The summed E-state index contributed by atoms with van der Waals surface area (Å²) in [6.45, 7) is 4.17. The molecule has 1 aromatic rings. The quantitative estimate of drug-likeness (QED) is 0.792. The van der Waals surface area contributed by atoms with Crippen LogP contribution in [0.1, 0.15) is 17.0 Å². The predicted molar refractivity (Wildman–Crippen MR) is 68.2 cm³/mol. The Kier molecular flexibility index (Phi) is 5.79. The molecule has 0 bridgehead atoms. The number of aromatic nitrogens is 2. The van der Waals surface area contributed by atoms with Gasteiger partial charge in [0.1, 0.15) is 9.84 Å². The highest BCUT2D eigenvalue weighted by Crippen LogP contribution is 2.15. The van der Waals surface area contributed by atoms with E-state index in [1.54, 1.807) is 4.68 Å². The fourth-order valence-corrected chi connectivity index (χ4v) is 2.29. The zero-order valence-electron chi connectivity index (χ0n) is 9.53. The van der Waals surface area contributed by atoms with Crippen molar-refractivity contribution in [2.75, 3.05) is 12.0 Å². The average Bonchev–Trinajstić information content (AvgIpc) is 2.37. The zero-order chi connectivity index (χ0) is 11.6. The summed E-state index contributed by atoms with van der Waals surface area (Å²) >= 11 is 5.77. The number of alkyl halides is 1. The van der Waals surface area contributed by atoms with Gasteiger partial charge in [-0.05, 0) is 13.8 Å². The molecule has 1 aromatic heterocycles. The molecular weight excluding hydrogens is 271 g/mol. The van der Waals surface area contributed by atoms with Gasteiger partial charge in [0, 0.05) is 17.5 Å². The Labute approximate surface area is 107 Å². The monoisotopic (exact) mass is 286 g/mol. The molecule has 94 valence electrons. The van der Waals surface area contributed by atoms with Crippen molar-refractivity contribution in [2.24, 2.45) is 0 Å². The number of halogens is 2. The Morgan fingerprint density at radius 2 is 1.94 bits per heavy atom. The van der Waals surface area contributed by atoms with Crippen LogP contribution >= 0.6 is 24.0 Å². The molecule has 0 saturated carbocycles. The topological polar surface area (TPSA) is 52.0 Å². The maximum absolute atomic E-state index is 11.0. The molecule has 1 heterocycles. The second-order valence-electron chi connectivity index (χ2n) is 3.64. The molecule has 0 spiro atoms. The number of nitrogens with zero attached hydrogens (tertiary/aromatic N) is 2. The first-order valence-electron chi connectivity index (χ1n) is 4.61. The Morgan fingerprint density at radius 1 is 1.38 bits per heavy atom. The Morgan fingerprint density at radius 3 is 2.31 bits per heavy atom. The van der Waals surface area contributed by atoms with Gasteiger partial charge in [0.25, 0.3) is 0 Å². The van der Waals surface area contributed by atoms with Crippen LogP contribution in [-0.2, 0) is 22.3 Å². The summed E-state index contributed by atoms with van der Waals surface area (Å²) in [6, 6.07) is 0. The Bertz CT molecular complexity index is 454. The van der Waals surface area contributed by atoms with Crippen LogP contribution in [0.3, 0.4) is 0 Å². The van der Waals surface area contributed by atoms with Crippen molar-refractivity contribution in [3.8, 4) is 0 Å². The number of sulfone groups is 1. The van der Waals surface area contributed by atoms with Gasteiger partial charge in [0.15, 0.2) is 0 Å². The van der Waals surface area contributed by atoms with E-state index in [0.29, 0.717) is 12.4 Å². The largest absolute Gasteiger partial charge is 0.268 e. The normalized spacial score (nSPS) is 11.2. The molecule has 0 N–H and O–H groups in total. The molecule has 0 aliphatic heterocycles. The van der Waals surface area contributed by atoms with Gasteiger partial charge < -0.3 is 0 Å². The average molecular weight is 287 g/mol. The molecule has 1 rings (SSSR count). The van der Waals surface area contributed by atoms with Crippen molar-refractivity contribution in [2.45, 2.75) is 26.3 Å². The van der Waals surface area contributed by atoms with Crippen molar-refractivity contribution >= 4 is 33.8 Å². The first kappa shape index (κ1) is 15.7. The summed E-state index contributed by atoms with van der Waals surface area (Å²) in [7, 11) is -2.94. The van der Waals surface area contributed by atoms with Crippen LogP contribution in [0.4, 0.5) is 0 Å². The third kappa shape index (κ3) is 3.96. The van der Waals surface area contributed by atoms with E-state index in [4.69, 9.17) is 11.6 Å². The van der Waals surface area contributed by atoms with Crippen molar-refractivity contribution in [3.05, 3.63) is 17.0 Å². The van der Waals surface area contributed by atoms with E-state index >= 15 is 0 Å². The van der Waals surface area contributed by atoms with Crippen molar-refractivity contribution in [1.29, 1.82) is 0 Å². The summed E-state index contributed by atoms with van der Waals surface area (Å²) in [5, 5.41) is 4.25. The fourth-order valence-electron chi connectivity index (χ4n) is 1.40. The van der Waals surface area contributed by atoms with Gasteiger partial charge in [-0.2, -0.15) is 5.10 Å². The van der Waals surface area contributed by atoms with E-state index in [-0.39, 0.29) is 18.2 Å². The molecule has 0 unspecified atom stereocenters. The zero-order valence-corrected chi connectivity index (χ0v) is 11.9. The fraction of sp³-hybridized carbons (Fsp3) is 0.667. The first-order valence-corrected chi connectivity index (χ1v) is 7.21. The highest BCUT2D eigenvalue weighted by molar-refractivity contribution is 7.90. The van der Waals surface area contributed by atoms with Gasteiger partial charge in [-0.3, -0.25) is 4.68 Å². The number of aryl methyl sites for hydroxylation is 2. The van der Waals surface area contributed by atoms with E-state index in [1.165, 1.54) is 6.26 Å². The maximum Gasteiger partial charge on any atom is 0.149 e. The molecule has 0 aliphatic carbocycles. The van der Waals surface area contributed by atoms with Gasteiger partial charge in [-0.15, -0.1) is 24.0 Å². The second-order valence-corrected chi connectivity index (χ2v) is 6.16. The lowest BCUT2D eigenvalue weighted by Crippen LogP contribution is -2.13. The van der Waals surface area contributed by atoms with E-state index in [2.05, 4.69) is 5.10 Å². The minimum atomic E-state index is -2.94. The lowest BCUT2D eigenvalue weighted by atomic mass is 10.2. The highest BCUT2D eigenvalue weighted by Gasteiger charge is 2.11. The molecule has 0 fully saturated rings. The first-order chi connectivity index (χ1) is 6.85. The smallest absolute Gasteiger partial charge is 0.149 e. The summed E-state index contributed by atoms with van der Waals surface area (Å²) in [4.78, 5) is 0. The second kappa shape index (κ2) is 5.89. The van der Waals surface area contributed by atoms with E-state index in [0.717, 1.165) is 17.0 Å². The molecule has 0 amide bonds. The lowest BCUT2D eigenvalue weighted by molar-refractivity contribution is 0.581. The number of hydrogen-bond donors (Lipinski definition) is 0. The van der Waals surface area contributed by atoms with Gasteiger partial charge in [0.2, 0.25) is 0 Å². The molecule has 0 atom stereocenters. The van der Waals surface area contributed by atoms with Crippen molar-refractivity contribution in [1.82, 2.24) is 9.78 Å². The summed E-state index contributed by atoms with van der Waals surface area (Å²) in [6.07, 6.45) is 1.22. The van der Waals surface area contributed by atoms with Crippen LogP contribution in [0, 0.1) is 13.8 Å². The Hall–Kier alpha value is -0.260. The SMILES string of the molecule is Cc1nn(CCS(C)(=O)=O)c(C)c1CCl.Cl. The van der Waals surface area contributed by atoms with Crippen LogP contribution < -0.4 is 0 Å². The molecule has 16 heavy (non-hydrogen) atoms. The molecule has 4 nitrogen and oxygen atoms in total. The lowest BCUT2D eigenvalue weighted by Gasteiger charge is -2.03. The van der Waals surface area contributed by atoms with Crippen LogP contribution in [0.2, 0.25) is 0 Å². The van der Waals surface area contributed by atoms with E-state index in [1.807, 2.05) is 13.8 Å². The minimum Gasteiger partial charge on any atom is -0.268 e. The van der Waals surface area contributed by atoms with Crippen molar-refractivity contribution in [3.63, 3.8) is 0 Å². The molecule has 7 heteroatoms. The van der Waals surface area contributed by atoms with Gasteiger partial charge in [0.05, 0.1) is 23.9 Å². The molecule has 0 radical (unpaired) electrons. The van der Waals surface area contributed by atoms with Crippen molar-refractivity contribution < 1.29 is 8.42 Å². The molecular formula is C9H16Cl2N2O2S. The molecule has 0 aromatic carbocycles. The van der Waals surface area contributed by atoms with Crippen LogP contribution in [0.15, 0.2) is 0 Å². The summed E-state index contributed by atoms with van der Waals surface area (Å²) < 4.78 is 23.7. The highest BCUT2D eigenvalue weighted by atomic mass is 35.5. The van der Waals surface area contributed by atoms with Gasteiger partial charge >= 0.3 is 0 Å². The molecule has 0 saturated heterocycles. The third-order valence-corrected chi connectivity index (χ3v) is 3.53. The number of rotatable bonds is 4. The summed E-state index contributed by atoms with van der Waals surface area (Å²) in [5.41, 5.74) is 2.81. The molecule has 0 aliphatic rings. The van der Waals surface area contributed by atoms with E-state index < -0.39 is 9.84 Å². The third-order valence-electron chi connectivity index (χ3n) is 2.34. The van der Waals surface area contributed by atoms with Gasteiger partial charge in [-0.25, -0.2) is 8.42 Å². The van der Waals surface area contributed by atoms with Crippen LogP contribution in [0.5, 0.6) is 0 Å². The minimum absolute atomic E-state index is 0. The standard InChI is InChI=1S/C9H15ClN2O2S.ClH/c1-7-9(6-10)8(2)12(11-7)4-5-15(3,13)14;/h4-6H2,1-3H3;1H. The van der Waals surface area contributed by atoms with E-state index in [9.17, 15) is 8.42 Å². The Balaban J connectivity index is 0.00000225.